The second kappa shape index (κ2) is 6.20. The lowest BCUT2D eigenvalue weighted by Crippen LogP contribution is -2.37. The van der Waals surface area contributed by atoms with Gasteiger partial charge in [0.1, 0.15) is 5.82 Å². The van der Waals surface area contributed by atoms with Gasteiger partial charge in [0.05, 0.1) is 0 Å². The number of anilines is 1. The number of likely N-dealkylation sites (tertiary alicyclic amines) is 1. The molecule has 1 aromatic rings. The normalized spacial score (nSPS) is 20.9. The first kappa shape index (κ1) is 13.4. The van der Waals surface area contributed by atoms with E-state index in [-0.39, 0.29) is 0 Å². The van der Waals surface area contributed by atoms with E-state index in [9.17, 15) is 0 Å². The van der Waals surface area contributed by atoms with Gasteiger partial charge in [0.2, 0.25) is 0 Å². The van der Waals surface area contributed by atoms with Gasteiger partial charge in [-0.1, -0.05) is 0 Å². The molecular weight excluding hydrogens is 226 g/mol. The van der Waals surface area contributed by atoms with Crippen molar-refractivity contribution < 1.29 is 0 Å². The lowest BCUT2D eigenvalue weighted by Gasteiger charge is -2.25. The van der Waals surface area contributed by atoms with Crippen molar-refractivity contribution in [2.45, 2.75) is 31.8 Å². The minimum Gasteiger partial charge on any atom is -0.382 e. The van der Waals surface area contributed by atoms with Gasteiger partial charge < -0.3 is 15.5 Å². The summed E-state index contributed by atoms with van der Waals surface area (Å²) in [6, 6.07) is 2.59. The van der Waals surface area contributed by atoms with Crippen LogP contribution in [0.1, 0.15) is 19.3 Å². The summed E-state index contributed by atoms with van der Waals surface area (Å²) in [6.07, 6.45) is 5.76. The van der Waals surface area contributed by atoms with E-state index in [0.717, 1.165) is 25.6 Å². The molecule has 0 spiro atoms. The molecule has 1 aliphatic heterocycles. The summed E-state index contributed by atoms with van der Waals surface area (Å²) in [7, 11) is 4.45. The number of nitrogens with two attached hydrogens (primary N) is 1. The Morgan fingerprint density at radius 2 is 2.39 bits per heavy atom. The van der Waals surface area contributed by atoms with E-state index in [1.807, 2.05) is 16.9 Å². The van der Waals surface area contributed by atoms with Crippen LogP contribution in [-0.2, 0) is 6.54 Å². The number of aryl methyl sites for hydroxylation is 1. The van der Waals surface area contributed by atoms with Crippen LogP contribution in [0.15, 0.2) is 12.3 Å². The molecule has 1 saturated heterocycles. The van der Waals surface area contributed by atoms with E-state index in [1.165, 1.54) is 25.9 Å². The highest BCUT2D eigenvalue weighted by Gasteiger charge is 2.21. The monoisotopic (exact) mass is 251 g/mol. The Bertz CT molecular complexity index is 362. The van der Waals surface area contributed by atoms with Crippen molar-refractivity contribution in [2.75, 3.05) is 39.5 Å². The Balaban J connectivity index is 1.64. The van der Waals surface area contributed by atoms with Gasteiger partial charge >= 0.3 is 0 Å². The molecule has 18 heavy (non-hydrogen) atoms. The molecule has 2 N–H and O–H groups in total. The first-order chi connectivity index (χ1) is 8.65. The van der Waals surface area contributed by atoms with Gasteiger partial charge in [0.25, 0.3) is 0 Å². The van der Waals surface area contributed by atoms with E-state index in [4.69, 9.17) is 5.73 Å². The molecular formula is C13H25N5. The van der Waals surface area contributed by atoms with Gasteiger partial charge in [-0.15, -0.1) is 0 Å². The van der Waals surface area contributed by atoms with E-state index < -0.39 is 0 Å². The molecule has 2 heterocycles. The van der Waals surface area contributed by atoms with Crippen LogP contribution < -0.4 is 5.73 Å². The van der Waals surface area contributed by atoms with Crippen LogP contribution >= 0.6 is 0 Å². The van der Waals surface area contributed by atoms with Gasteiger partial charge in [-0.25, -0.2) is 0 Å². The Kier molecular flexibility index (Phi) is 4.60. The summed E-state index contributed by atoms with van der Waals surface area (Å²) in [6.45, 7) is 4.50. The molecule has 0 aliphatic carbocycles. The predicted octanol–water partition coefficient (Wildman–Crippen LogP) is 0.881. The van der Waals surface area contributed by atoms with Crippen LogP contribution in [0.25, 0.3) is 0 Å². The molecule has 0 bridgehead atoms. The third kappa shape index (κ3) is 3.71. The van der Waals surface area contributed by atoms with Crippen molar-refractivity contribution >= 4 is 5.82 Å². The largest absolute Gasteiger partial charge is 0.382 e. The van der Waals surface area contributed by atoms with E-state index >= 15 is 0 Å². The number of hydrogen-bond donors (Lipinski definition) is 1. The Labute approximate surface area is 110 Å². The quantitative estimate of drug-likeness (QED) is 0.815. The second-order valence-corrected chi connectivity index (χ2v) is 5.40. The van der Waals surface area contributed by atoms with Gasteiger partial charge in [-0.3, -0.25) is 4.68 Å². The number of nitrogens with zero attached hydrogens (tertiary/aromatic N) is 4. The zero-order valence-corrected chi connectivity index (χ0v) is 11.5. The molecule has 5 nitrogen and oxygen atoms in total. The van der Waals surface area contributed by atoms with Crippen molar-refractivity contribution in [1.29, 1.82) is 0 Å². The molecule has 2 rings (SSSR count). The summed E-state index contributed by atoms with van der Waals surface area (Å²) in [5.74, 6) is 0.607. The Morgan fingerprint density at radius 1 is 1.56 bits per heavy atom. The highest BCUT2D eigenvalue weighted by Crippen LogP contribution is 2.15. The molecule has 5 heteroatoms. The maximum absolute atomic E-state index is 5.59. The van der Waals surface area contributed by atoms with Crippen LogP contribution in [0.4, 0.5) is 5.82 Å². The van der Waals surface area contributed by atoms with Crippen molar-refractivity contribution in [1.82, 2.24) is 19.6 Å². The third-order valence-corrected chi connectivity index (χ3v) is 3.78. The number of rotatable bonds is 6. The number of hydrogen-bond acceptors (Lipinski definition) is 4. The average Bonchev–Trinajstić information content (AvgIpc) is 2.89. The smallest absolute Gasteiger partial charge is 0.145 e. The topological polar surface area (TPSA) is 50.3 Å². The van der Waals surface area contributed by atoms with Crippen LogP contribution in [-0.4, -0.2) is 59.4 Å². The highest BCUT2D eigenvalue weighted by atomic mass is 15.3. The van der Waals surface area contributed by atoms with Crippen LogP contribution in [0.5, 0.6) is 0 Å². The summed E-state index contributed by atoms with van der Waals surface area (Å²) >= 11 is 0. The molecule has 0 amide bonds. The fourth-order valence-electron chi connectivity index (χ4n) is 2.67. The molecule has 0 saturated carbocycles. The second-order valence-electron chi connectivity index (χ2n) is 5.40. The van der Waals surface area contributed by atoms with Gasteiger partial charge in [-0.05, 0) is 52.5 Å². The van der Waals surface area contributed by atoms with Crippen LogP contribution in [0.2, 0.25) is 0 Å². The first-order valence-corrected chi connectivity index (χ1v) is 6.83. The minimum atomic E-state index is 0.607. The Morgan fingerprint density at radius 3 is 3.00 bits per heavy atom. The van der Waals surface area contributed by atoms with E-state index in [2.05, 4.69) is 29.0 Å². The van der Waals surface area contributed by atoms with Gasteiger partial charge in [0.15, 0.2) is 0 Å². The summed E-state index contributed by atoms with van der Waals surface area (Å²) in [4.78, 5) is 4.91. The molecule has 1 aliphatic rings. The zero-order chi connectivity index (χ0) is 13.0. The summed E-state index contributed by atoms with van der Waals surface area (Å²) in [5.41, 5.74) is 5.59. The molecule has 0 aromatic carbocycles. The fourth-order valence-corrected chi connectivity index (χ4v) is 2.67. The Hall–Kier alpha value is -1.07. The predicted molar refractivity (Wildman–Crippen MR) is 74.4 cm³/mol. The molecule has 1 unspecified atom stereocenters. The first-order valence-electron chi connectivity index (χ1n) is 6.83. The SMILES string of the molecule is CN(CCCn1ccc(N)n1)CC1CCCN1C. The van der Waals surface area contributed by atoms with Crippen LogP contribution in [0, 0.1) is 0 Å². The standard InChI is InChI=1S/C13H25N5/c1-16(11-12-5-3-8-17(12)2)7-4-9-18-10-6-13(14)15-18/h6,10,12H,3-5,7-9,11H2,1-2H3,(H2,14,15). The maximum atomic E-state index is 5.59. The molecule has 102 valence electrons. The number of likely N-dealkylation sites (N-methyl/N-ethyl adjacent to an activating group) is 2. The number of aromatic nitrogens is 2. The van der Waals surface area contributed by atoms with Gasteiger partial charge in [-0.2, -0.15) is 5.10 Å². The molecule has 1 atom stereocenters. The third-order valence-electron chi connectivity index (χ3n) is 3.78. The van der Waals surface area contributed by atoms with Crippen molar-refractivity contribution in [3.63, 3.8) is 0 Å². The summed E-state index contributed by atoms with van der Waals surface area (Å²) < 4.78 is 1.92. The van der Waals surface area contributed by atoms with Crippen molar-refractivity contribution in [3.8, 4) is 0 Å². The van der Waals surface area contributed by atoms with Gasteiger partial charge in [0, 0.05) is 25.3 Å². The average molecular weight is 251 g/mol. The number of nitrogen functional groups attached to an aromatic ring is 1. The lowest BCUT2D eigenvalue weighted by molar-refractivity contribution is 0.216. The maximum Gasteiger partial charge on any atom is 0.145 e. The van der Waals surface area contributed by atoms with E-state index in [1.54, 1.807) is 0 Å². The summed E-state index contributed by atoms with van der Waals surface area (Å²) in [5, 5.41) is 4.19. The highest BCUT2D eigenvalue weighted by molar-refractivity contribution is 5.23. The fraction of sp³-hybridized carbons (Fsp3) is 0.769. The molecule has 1 fully saturated rings. The van der Waals surface area contributed by atoms with E-state index in [0.29, 0.717) is 5.82 Å². The van der Waals surface area contributed by atoms with Crippen LogP contribution in [0.3, 0.4) is 0 Å². The van der Waals surface area contributed by atoms with Crippen molar-refractivity contribution in [3.05, 3.63) is 12.3 Å². The zero-order valence-electron chi connectivity index (χ0n) is 11.5. The minimum absolute atomic E-state index is 0.607. The molecule has 0 radical (unpaired) electrons. The van der Waals surface area contributed by atoms with Crippen molar-refractivity contribution in [2.24, 2.45) is 0 Å². The lowest BCUT2D eigenvalue weighted by atomic mass is 10.2. The molecule has 1 aromatic heterocycles.